The highest BCUT2D eigenvalue weighted by Crippen LogP contribution is 2.24. The summed E-state index contributed by atoms with van der Waals surface area (Å²) >= 11 is 0. The minimum absolute atomic E-state index is 0.475. The van der Waals surface area contributed by atoms with Gasteiger partial charge in [0.1, 0.15) is 0 Å². The molecule has 1 saturated carbocycles. The van der Waals surface area contributed by atoms with Gasteiger partial charge in [-0.15, -0.1) is 0 Å². The summed E-state index contributed by atoms with van der Waals surface area (Å²) in [4.78, 5) is 0. The van der Waals surface area contributed by atoms with Gasteiger partial charge in [0.25, 0.3) is 0 Å². The summed E-state index contributed by atoms with van der Waals surface area (Å²) in [5, 5.41) is 3.64. The molecule has 0 saturated heterocycles. The molecule has 1 rings (SSSR count). The lowest BCUT2D eigenvalue weighted by molar-refractivity contribution is -0.0168. The van der Waals surface area contributed by atoms with Crippen LogP contribution in [0.4, 0.5) is 0 Å². The molecular weight excluding hydrogens is 190 g/mol. The molecule has 0 aromatic rings. The van der Waals surface area contributed by atoms with Crippen molar-refractivity contribution in [3.05, 3.63) is 0 Å². The van der Waals surface area contributed by atoms with Crippen LogP contribution in [0.2, 0.25) is 0 Å². The van der Waals surface area contributed by atoms with Gasteiger partial charge in [-0.25, -0.2) is 0 Å². The Bertz CT molecular complexity index is 167. The summed E-state index contributed by atoms with van der Waals surface area (Å²) in [6.07, 6.45) is 2.80. The first kappa shape index (κ1) is 12.9. The van der Waals surface area contributed by atoms with Crippen LogP contribution in [0.25, 0.3) is 0 Å². The molecule has 0 spiro atoms. The Kier molecular flexibility index (Phi) is 5.58. The van der Waals surface area contributed by atoms with Gasteiger partial charge in [0, 0.05) is 25.8 Å². The van der Waals surface area contributed by atoms with Crippen molar-refractivity contribution in [2.24, 2.45) is 5.92 Å². The van der Waals surface area contributed by atoms with Crippen LogP contribution in [0, 0.1) is 5.92 Å². The molecule has 1 fully saturated rings. The van der Waals surface area contributed by atoms with E-state index in [2.05, 4.69) is 26.1 Å². The van der Waals surface area contributed by atoms with Gasteiger partial charge in [-0.05, 0) is 25.7 Å². The molecule has 0 radical (unpaired) electrons. The average Bonchev–Trinajstić information content (AvgIpc) is 2.13. The van der Waals surface area contributed by atoms with Crippen LogP contribution in [0.15, 0.2) is 0 Å². The molecule has 3 heteroatoms. The fourth-order valence-electron chi connectivity index (χ4n) is 1.99. The van der Waals surface area contributed by atoms with Crippen molar-refractivity contribution in [1.82, 2.24) is 5.32 Å². The number of methoxy groups -OCH3 is 1. The minimum atomic E-state index is 0.475. The quantitative estimate of drug-likeness (QED) is 0.702. The molecule has 0 heterocycles. The van der Waals surface area contributed by atoms with Gasteiger partial charge in [0.05, 0.1) is 12.7 Å². The third-order valence-electron chi connectivity index (χ3n) is 3.10. The second kappa shape index (κ2) is 6.46. The number of hydrogen-bond donors (Lipinski definition) is 1. The fourth-order valence-corrected chi connectivity index (χ4v) is 1.99. The Balaban J connectivity index is 2.17. The van der Waals surface area contributed by atoms with Crippen LogP contribution in [0.3, 0.4) is 0 Å². The Morgan fingerprint density at radius 3 is 2.47 bits per heavy atom. The van der Waals surface area contributed by atoms with Crippen LogP contribution in [0.5, 0.6) is 0 Å². The van der Waals surface area contributed by atoms with E-state index >= 15 is 0 Å². The number of ether oxygens (including phenoxy) is 2. The zero-order valence-corrected chi connectivity index (χ0v) is 10.5. The third kappa shape index (κ3) is 4.09. The van der Waals surface area contributed by atoms with Crippen molar-refractivity contribution >= 4 is 0 Å². The Hall–Kier alpha value is -0.120. The normalized spacial score (nSPS) is 27.8. The first-order valence-corrected chi connectivity index (χ1v) is 6.04. The van der Waals surface area contributed by atoms with E-state index in [-0.39, 0.29) is 0 Å². The largest absolute Gasteiger partial charge is 0.383 e. The maximum absolute atomic E-state index is 5.54. The fraction of sp³-hybridized carbons (Fsp3) is 1.00. The van der Waals surface area contributed by atoms with Gasteiger partial charge < -0.3 is 14.8 Å². The van der Waals surface area contributed by atoms with Crippen molar-refractivity contribution in [3.8, 4) is 0 Å². The molecule has 1 aliphatic carbocycles. The maximum Gasteiger partial charge on any atom is 0.0618 e. The smallest absolute Gasteiger partial charge is 0.0618 e. The molecule has 0 amide bonds. The highest BCUT2D eigenvalue weighted by molar-refractivity contribution is 4.89. The summed E-state index contributed by atoms with van der Waals surface area (Å²) in [5.74, 6) is 0.621. The monoisotopic (exact) mass is 215 g/mol. The highest BCUT2D eigenvalue weighted by Gasteiger charge is 2.31. The summed E-state index contributed by atoms with van der Waals surface area (Å²) in [7, 11) is 1.76. The molecule has 90 valence electrons. The van der Waals surface area contributed by atoms with Gasteiger partial charge in [0.15, 0.2) is 0 Å². The zero-order valence-electron chi connectivity index (χ0n) is 10.5. The van der Waals surface area contributed by atoms with Crippen LogP contribution < -0.4 is 5.32 Å². The SMILES string of the molecule is CCOC1CC(NC(COC)C(C)C)C1. The second-order valence-corrected chi connectivity index (χ2v) is 4.72. The van der Waals surface area contributed by atoms with E-state index in [0.717, 1.165) is 26.1 Å². The molecule has 0 aromatic heterocycles. The molecule has 15 heavy (non-hydrogen) atoms. The summed E-state index contributed by atoms with van der Waals surface area (Å²) in [5.41, 5.74) is 0. The standard InChI is InChI=1S/C12H25NO2/c1-5-15-11-6-10(7-11)13-12(8-14-4)9(2)3/h9-13H,5-8H2,1-4H3. The predicted molar refractivity (Wildman–Crippen MR) is 62.1 cm³/mol. The Labute approximate surface area is 93.5 Å². The van der Waals surface area contributed by atoms with Gasteiger partial charge in [-0.2, -0.15) is 0 Å². The molecule has 1 unspecified atom stereocenters. The van der Waals surface area contributed by atoms with Crippen molar-refractivity contribution in [1.29, 1.82) is 0 Å². The Morgan fingerprint density at radius 2 is 2.00 bits per heavy atom. The molecule has 0 aromatic carbocycles. The predicted octanol–water partition coefficient (Wildman–Crippen LogP) is 1.81. The molecule has 3 nitrogen and oxygen atoms in total. The van der Waals surface area contributed by atoms with Crippen LogP contribution in [-0.4, -0.2) is 38.5 Å². The summed E-state index contributed by atoms with van der Waals surface area (Å²) < 4.78 is 10.8. The summed E-state index contributed by atoms with van der Waals surface area (Å²) in [6, 6.07) is 1.10. The molecule has 0 aliphatic heterocycles. The van der Waals surface area contributed by atoms with Crippen LogP contribution >= 0.6 is 0 Å². The Morgan fingerprint density at radius 1 is 1.33 bits per heavy atom. The van der Waals surface area contributed by atoms with Crippen LogP contribution in [-0.2, 0) is 9.47 Å². The van der Waals surface area contributed by atoms with Crippen molar-refractivity contribution in [2.75, 3.05) is 20.3 Å². The van der Waals surface area contributed by atoms with E-state index in [1.165, 1.54) is 0 Å². The van der Waals surface area contributed by atoms with E-state index in [9.17, 15) is 0 Å². The van der Waals surface area contributed by atoms with Gasteiger partial charge >= 0.3 is 0 Å². The van der Waals surface area contributed by atoms with E-state index in [1.807, 2.05) is 0 Å². The third-order valence-corrected chi connectivity index (χ3v) is 3.10. The first-order chi connectivity index (χ1) is 7.17. The molecular formula is C12H25NO2. The minimum Gasteiger partial charge on any atom is -0.383 e. The maximum atomic E-state index is 5.54. The lowest BCUT2D eigenvalue weighted by Crippen LogP contribution is -2.52. The van der Waals surface area contributed by atoms with Crippen LogP contribution in [0.1, 0.15) is 33.6 Å². The topological polar surface area (TPSA) is 30.5 Å². The molecule has 1 N–H and O–H groups in total. The van der Waals surface area contributed by atoms with Gasteiger partial charge in [-0.3, -0.25) is 0 Å². The van der Waals surface area contributed by atoms with E-state index in [0.29, 0.717) is 24.1 Å². The average molecular weight is 215 g/mol. The van der Waals surface area contributed by atoms with Crippen molar-refractivity contribution < 1.29 is 9.47 Å². The highest BCUT2D eigenvalue weighted by atomic mass is 16.5. The number of rotatable bonds is 7. The van der Waals surface area contributed by atoms with Gasteiger partial charge in [0.2, 0.25) is 0 Å². The van der Waals surface area contributed by atoms with Gasteiger partial charge in [-0.1, -0.05) is 13.8 Å². The molecule has 1 aliphatic rings. The van der Waals surface area contributed by atoms with Crippen molar-refractivity contribution in [3.63, 3.8) is 0 Å². The van der Waals surface area contributed by atoms with Crippen molar-refractivity contribution in [2.45, 2.75) is 51.8 Å². The van der Waals surface area contributed by atoms with E-state index < -0.39 is 0 Å². The number of nitrogens with one attached hydrogen (secondary N) is 1. The lowest BCUT2D eigenvalue weighted by Gasteiger charge is -2.38. The van der Waals surface area contributed by atoms with E-state index in [4.69, 9.17) is 9.47 Å². The summed E-state index contributed by atoms with van der Waals surface area (Å²) in [6.45, 7) is 8.16. The molecule has 0 bridgehead atoms. The first-order valence-electron chi connectivity index (χ1n) is 6.04. The van der Waals surface area contributed by atoms with E-state index in [1.54, 1.807) is 7.11 Å². The zero-order chi connectivity index (χ0) is 11.3. The number of hydrogen-bond acceptors (Lipinski definition) is 3. The second-order valence-electron chi connectivity index (χ2n) is 4.72. The molecule has 1 atom stereocenters. The lowest BCUT2D eigenvalue weighted by atomic mass is 9.87.